The Balaban J connectivity index is 1.65. The number of imidazole rings is 1. The summed E-state index contributed by atoms with van der Waals surface area (Å²) in [6.45, 7) is 12.8. The first-order valence-electron chi connectivity index (χ1n) is 8.65. The Kier molecular flexibility index (Phi) is 4.49. The molecule has 1 aromatic carbocycles. The maximum atomic E-state index is 4.72. The molecule has 1 N–H and O–H groups in total. The molecule has 126 valence electrons. The SMILES string of the molecule is Cc1ccc2[nH]c(SCCN3C(C)(C)CCCC3(C)C)nc2c1. The number of benzene rings is 1. The molecule has 0 amide bonds. The Morgan fingerprint density at radius 2 is 1.87 bits per heavy atom. The van der Waals surface area contributed by atoms with Crippen LogP contribution in [0, 0.1) is 6.92 Å². The molecule has 0 spiro atoms. The number of piperidine rings is 1. The molecule has 2 heterocycles. The molecule has 0 aliphatic carbocycles. The summed E-state index contributed by atoms with van der Waals surface area (Å²) >= 11 is 1.84. The normalized spacial score (nSPS) is 20.9. The third kappa shape index (κ3) is 3.58. The minimum atomic E-state index is 0.299. The molecule has 0 radical (unpaired) electrons. The van der Waals surface area contributed by atoms with Crippen molar-refractivity contribution < 1.29 is 0 Å². The van der Waals surface area contributed by atoms with E-state index in [-0.39, 0.29) is 0 Å². The van der Waals surface area contributed by atoms with Crippen LogP contribution in [0.1, 0.15) is 52.5 Å². The predicted octanol–water partition coefficient (Wildman–Crippen LogP) is 5.01. The fourth-order valence-electron chi connectivity index (χ4n) is 4.04. The van der Waals surface area contributed by atoms with Crippen molar-refractivity contribution >= 4 is 22.8 Å². The fourth-order valence-corrected chi connectivity index (χ4v) is 4.85. The van der Waals surface area contributed by atoms with Crippen molar-refractivity contribution in [1.82, 2.24) is 14.9 Å². The van der Waals surface area contributed by atoms with Gasteiger partial charge in [-0.1, -0.05) is 17.8 Å². The van der Waals surface area contributed by atoms with Crippen molar-refractivity contribution in [3.63, 3.8) is 0 Å². The largest absolute Gasteiger partial charge is 0.333 e. The van der Waals surface area contributed by atoms with Gasteiger partial charge in [0.25, 0.3) is 0 Å². The third-order valence-corrected chi connectivity index (χ3v) is 6.06. The second-order valence-corrected chi connectivity index (χ2v) is 9.12. The van der Waals surface area contributed by atoms with Crippen LogP contribution in [0.5, 0.6) is 0 Å². The minimum Gasteiger partial charge on any atom is -0.333 e. The van der Waals surface area contributed by atoms with Crippen LogP contribution in [0.2, 0.25) is 0 Å². The number of H-pyrrole nitrogens is 1. The Labute approximate surface area is 144 Å². The Morgan fingerprint density at radius 1 is 1.17 bits per heavy atom. The van der Waals surface area contributed by atoms with Crippen molar-refractivity contribution in [3.05, 3.63) is 23.8 Å². The van der Waals surface area contributed by atoms with Crippen LogP contribution in [0.4, 0.5) is 0 Å². The number of hydrogen-bond acceptors (Lipinski definition) is 3. The van der Waals surface area contributed by atoms with Gasteiger partial charge in [-0.15, -0.1) is 0 Å². The molecule has 4 heteroatoms. The lowest BCUT2D eigenvalue weighted by molar-refractivity contribution is -0.0209. The van der Waals surface area contributed by atoms with Crippen LogP contribution in [0.15, 0.2) is 23.4 Å². The van der Waals surface area contributed by atoms with Crippen LogP contribution in [-0.2, 0) is 0 Å². The molecule has 0 bridgehead atoms. The summed E-state index contributed by atoms with van der Waals surface area (Å²) in [6.07, 6.45) is 3.93. The number of aryl methyl sites for hydroxylation is 1. The Hall–Kier alpha value is -1.00. The quantitative estimate of drug-likeness (QED) is 0.800. The zero-order valence-electron chi connectivity index (χ0n) is 15.1. The van der Waals surface area contributed by atoms with Crippen LogP contribution >= 0.6 is 11.8 Å². The first-order chi connectivity index (χ1) is 10.8. The van der Waals surface area contributed by atoms with E-state index in [1.54, 1.807) is 0 Å². The van der Waals surface area contributed by atoms with Gasteiger partial charge in [-0.05, 0) is 71.6 Å². The summed E-state index contributed by atoms with van der Waals surface area (Å²) < 4.78 is 0. The number of fused-ring (bicyclic) bond motifs is 1. The van der Waals surface area contributed by atoms with E-state index < -0.39 is 0 Å². The summed E-state index contributed by atoms with van der Waals surface area (Å²) in [5.41, 5.74) is 4.07. The molecule has 2 aromatic rings. The highest BCUT2D eigenvalue weighted by Gasteiger charge is 2.40. The van der Waals surface area contributed by atoms with Gasteiger partial charge < -0.3 is 4.98 Å². The lowest BCUT2D eigenvalue weighted by Crippen LogP contribution is -2.59. The lowest BCUT2D eigenvalue weighted by Gasteiger charge is -2.53. The second kappa shape index (κ2) is 6.14. The molecule has 1 saturated heterocycles. The van der Waals surface area contributed by atoms with Gasteiger partial charge in [-0.2, -0.15) is 0 Å². The average molecular weight is 332 g/mol. The standard InChI is InChI=1S/C19H29N3S/c1-14-7-8-15-16(13-14)21-17(20-15)23-12-11-22-18(2,3)9-6-10-19(22,4)5/h7-8,13H,6,9-12H2,1-5H3,(H,20,21). The molecular weight excluding hydrogens is 302 g/mol. The zero-order valence-corrected chi connectivity index (χ0v) is 15.9. The minimum absolute atomic E-state index is 0.299. The first kappa shape index (κ1) is 16.8. The molecule has 3 nitrogen and oxygen atoms in total. The van der Waals surface area contributed by atoms with Crippen molar-refractivity contribution in [2.24, 2.45) is 0 Å². The third-order valence-electron chi connectivity index (χ3n) is 5.21. The molecule has 1 fully saturated rings. The molecule has 23 heavy (non-hydrogen) atoms. The van der Waals surface area contributed by atoms with E-state index in [9.17, 15) is 0 Å². The van der Waals surface area contributed by atoms with Gasteiger partial charge in [-0.25, -0.2) is 4.98 Å². The summed E-state index contributed by atoms with van der Waals surface area (Å²) in [5.74, 6) is 1.08. The highest BCUT2D eigenvalue weighted by molar-refractivity contribution is 7.99. The maximum absolute atomic E-state index is 4.72. The number of rotatable bonds is 4. The number of thioether (sulfide) groups is 1. The van der Waals surface area contributed by atoms with Crippen LogP contribution in [-0.4, -0.2) is 38.2 Å². The number of likely N-dealkylation sites (tertiary alicyclic amines) is 1. The number of hydrogen-bond donors (Lipinski definition) is 1. The van der Waals surface area contributed by atoms with E-state index in [1.165, 1.54) is 24.8 Å². The average Bonchev–Trinajstić information content (AvgIpc) is 2.83. The lowest BCUT2D eigenvalue weighted by atomic mass is 9.80. The molecule has 3 rings (SSSR count). The highest BCUT2D eigenvalue weighted by Crippen LogP contribution is 2.38. The zero-order chi connectivity index (χ0) is 16.7. The monoisotopic (exact) mass is 331 g/mol. The number of nitrogens with one attached hydrogen (secondary N) is 1. The topological polar surface area (TPSA) is 31.9 Å². The fraction of sp³-hybridized carbons (Fsp3) is 0.632. The van der Waals surface area contributed by atoms with Gasteiger partial charge in [0.2, 0.25) is 0 Å². The number of aromatic nitrogens is 2. The first-order valence-corrected chi connectivity index (χ1v) is 9.63. The Morgan fingerprint density at radius 3 is 2.57 bits per heavy atom. The van der Waals surface area contributed by atoms with E-state index in [2.05, 4.69) is 62.7 Å². The van der Waals surface area contributed by atoms with Gasteiger partial charge in [0.15, 0.2) is 5.16 Å². The molecule has 1 aromatic heterocycles. The van der Waals surface area contributed by atoms with E-state index >= 15 is 0 Å². The molecule has 0 unspecified atom stereocenters. The van der Waals surface area contributed by atoms with Gasteiger partial charge in [0.05, 0.1) is 11.0 Å². The summed E-state index contributed by atoms with van der Waals surface area (Å²) in [4.78, 5) is 10.9. The van der Waals surface area contributed by atoms with Crippen molar-refractivity contribution in [2.75, 3.05) is 12.3 Å². The summed E-state index contributed by atoms with van der Waals surface area (Å²) in [7, 11) is 0. The molecule has 1 aliphatic rings. The van der Waals surface area contributed by atoms with E-state index in [0.29, 0.717) is 11.1 Å². The van der Waals surface area contributed by atoms with Crippen LogP contribution < -0.4 is 0 Å². The van der Waals surface area contributed by atoms with Crippen LogP contribution in [0.25, 0.3) is 11.0 Å². The van der Waals surface area contributed by atoms with Crippen LogP contribution in [0.3, 0.4) is 0 Å². The molecule has 0 saturated carbocycles. The van der Waals surface area contributed by atoms with Crippen molar-refractivity contribution in [1.29, 1.82) is 0 Å². The highest BCUT2D eigenvalue weighted by atomic mass is 32.2. The number of nitrogens with zero attached hydrogens (tertiary/aromatic N) is 2. The summed E-state index contributed by atoms with van der Waals surface area (Å²) in [6, 6.07) is 6.40. The Bertz CT molecular complexity index is 671. The van der Waals surface area contributed by atoms with Crippen molar-refractivity contribution in [2.45, 2.75) is 70.1 Å². The molecular formula is C19H29N3S. The number of aromatic amines is 1. The second-order valence-electron chi connectivity index (χ2n) is 8.04. The van der Waals surface area contributed by atoms with Gasteiger partial charge in [0.1, 0.15) is 0 Å². The smallest absolute Gasteiger partial charge is 0.166 e. The van der Waals surface area contributed by atoms with E-state index in [1.807, 2.05) is 11.8 Å². The summed E-state index contributed by atoms with van der Waals surface area (Å²) in [5, 5.41) is 1.04. The molecule has 1 aliphatic heterocycles. The molecule has 0 atom stereocenters. The van der Waals surface area contributed by atoms with E-state index in [0.717, 1.165) is 28.5 Å². The predicted molar refractivity (Wildman–Crippen MR) is 100 cm³/mol. The maximum Gasteiger partial charge on any atom is 0.166 e. The van der Waals surface area contributed by atoms with Crippen molar-refractivity contribution in [3.8, 4) is 0 Å². The van der Waals surface area contributed by atoms with E-state index in [4.69, 9.17) is 4.98 Å². The van der Waals surface area contributed by atoms with Gasteiger partial charge >= 0.3 is 0 Å². The van der Waals surface area contributed by atoms with Gasteiger partial charge in [0, 0.05) is 23.4 Å². The van der Waals surface area contributed by atoms with Gasteiger partial charge in [-0.3, -0.25) is 4.90 Å².